The van der Waals surface area contributed by atoms with Gasteiger partial charge in [0.25, 0.3) is 0 Å². The van der Waals surface area contributed by atoms with Gasteiger partial charge in [0, 0.05) is 19.8 Å². The number of fused-ring (bicyclic) bond motifs is 1. The van der Waals surface area contributed by atoms with Crippen LogP contribution in [-0.4, -0.2) is 57.8 Å². The van der Waals surface area contributed by atoms with Gasteiger partial charge >= 0.3 is 11.9 Å². The van der Waals surface area contributed by atoms with E-state index in [1.54, 1.807) is 6.92 Å². The third kappa shape index (κ3) is 5.98. The first-order valence-corrected chi connectivity index (χ1v) is 10.2. The van der Waals surface area contributed by atoms with Gasteiger partial charge in [-0.3, -0.25) is 9.59 Å². The van der Waals surface area contributed by atoms with Gasteiger partial charge < -0.3 is 14.8 Å². The van der Waals surface area contributed by atoms with Crippen molar-refractivity contribution >= 4 is 11.9 Å². The normalized spacial score (nSPS) is 31.4. The van der Waals surface area contributed by atoms with Crippen molar-refractivity contribution in [3.05, 3.63) is 5.82 Å². The second-order valence-corrected chi connectivity index (χ2v) is 7.97. The smallest absolute Gasteiger partial charge is 0.323 e. The van der Waals surface area contributed by atoms with Crippen LogP contribution >= 0.6 is 0 Å². The first-order chi connectivity index (χ1) is 13.9. The number of nitrogens with one attached hydrogen (secondary N) is 2. The van der Waals surface area contributed by atoms with E-state index in [0.717, 1.165) is 37.9 Å². The molecule has 5 atom stereocenters. The zero-order chi connectivity index (χ0) is 20.9. The number of hydrogen-bond acceptors (Lipinski definition) is 8. The fraction of sp³-hybridized carbons (Fsp3) is 0.842. The molecule has 28 heavy (non-hydrogen) atoms. The predicted octanol–water partition coefficient (Wildman–Crippen LogP) is 1.41. The molecule has 0 amide bonds. The largest absolute Gasteiger partial charge is 0.466 e. The Labute approximate surface area is 166 Å². The van der Waals surface area contributed by atoms with E-state index in [1.165, 1.54) is 6.92 Å². The molecule has 2 heterocycles. The lowest BCUT2D eigenvalue weighted by molar-refractivity contribution is -0.154. The number of carbonyl (C=O) groups is 2. The molecule has 2 N–H and O–H groups in total. The Hall–Kier alpha value is -2.03. The number of hydrogen-bond donors (Lipinski definition) is 2. The van der Waals surface area contributed by atoms with Crippen LogP contribution in [-0.2, 0) is 25.5 Å². The quantitative estimate of drug-likeness (QED) is 0.635. The SMILES string of the molecule is [2H][C@@]1(C(=O)O[C@@H](C)CCOC(C)=O)C[C@H]2C[C@@H](CCc3nn[nH]n3)CC[C@H]2CN1. The highest BCUT2D eigenvalue weighted by Gasteiger charge is 2.38. The number of rotatable bonds is 8. The highest BCUT2D eigenvalue weighted by Crippen LogP contribution is 2.40. The summed E-state index contributed by atoms with van der Waals surface area (Å²) in [7, 11) is 0. The third-order valence-electron chi connectivity index (χ3n) is 5.84. The predicted molar refractivity (Wildman–Crippen MR) is 100 cm³/mol. The van der Waals surface area contributed by atoms with Crippen LogP contribution in [0.15, 0.2) is 0 Å². The van der Waals surface area contributed by atoms with E-state index >= 15 is 0 Å². The number of aryl methyl sites for hydroxylation is 1. The molecular weight excluding hydrogens is 362 g/mol. The molecule has 0 unspecified atom stereocenters. The molecule has 1 saturated carbocycles. The number of piperidine rings is 1. The minimum Gasteiger partial charge on any atom is -0.466 e. The first kappa shape index (κ1) is 19.3. The fourth-order valence-corrected chi connectivity index (χ4v) is 4.25. The summed E-state index contributed by atoms with van der Waals surface area (Å²) in [6, 6.07) is -1.41. The van der Waals surface area contributed by atoms with E-state index in [0.29, 0.717) is 37.1 Å². The Morgan fingerprint density at radius 3 is 2.93 bits per heavy atom. The Balaban J connectivity index is 1.48. The molecule has 156 valence electrons. The number of esters is 2. The molecule has 2 aliphatic rings. The van der Waals surface area contributed by atoms with Gasteiger partial charge in [0.05, 0.1) is 7.98 Å². The van der Waals surface area contributed by atoms with Crippen LogP contribution in [0.2, 0.25) is 0 Å². The summed E-state index contributed by atoms with van der Waals surface area (Å²) in [5.74, 6) is 1.23. The summed E-state index contributed by atoms with van der Waals surface area (Å²) >= 11 is 0. The maximum absolute atomic E-state index is 12.7. The molecule has 1 aromatic rings. The third-order valence-corrected chi connectivity index (χ3v) is 5.84. The van der Waals surface area contributed by atoms with Gasteiger partial charge in [0.2, 0.25) is 0 Å². The van der Waals surface area contributed by atoms with E-state index in [4.69, 9.17) is 10.8 Å². The molecule has 1 aliphatic carbocycles. The van der Waals surface area contributed by atoms with Crippen molar-refractivity contribution < 1.29 is 20.4 Å². The number of carbonyl (C=O) groups excluding carboxylic acids is 2. The second-order valence-electron chi connectivity index (χ2n) is 7.97. The van der Waals surface area contributed by atoms with E-state index in [2.05, 4.69) is 25.9 Å². The van der Waals surface area contributed by atoms with Crippen LogP contribution in [0.4, 0.5) is 0 Å². The maximum Gasteiger partial charge on any atom is 0.323 e. The van der Waals surface area contributed by atoms with Crippen molar-refractivity contribution in [1.82, 2.24) is 25.9 Å². The van der Waals surface area contributed by atoms with Gasteiger partial charge in [-0.25, -0.2) is 0 Å². The zero-order valence-corrected chi connectivity index (χ0v) is 16.6. The summed E-state index contributed by atoms with van der Waals surface area (Å²) in [6.07, 6.45) is 5.56. The van der Waals surface area contributed by atoms with Gasteiger partial charge in [-0.05, 0) is 56.9 Å². The molecule has 0 spiro atoms. The second kappa shape index (κ2) is 9.95. The van der Waals surface area contributed by atoms with Crippen LogP contribution in [0.5, 0.6) is 0 Å². The lowest BCUT2D eigenvalue weighted by atomic mass is 9.69. The Bertz CT molecular complexity index is 688. The Morgan fingerprint density at radius 1 is 1.32 bits per heavy atom. The number of H-pyrrole nitrogens is 1. The van der Waals surface area contributed by atoms with Crippen molar-refractivity contribution in [1.29, 1.82) is 0 Å². The van der Waals surface area contributed by atoms with Gasteiger partial charge in [0.1, 0.15) is 12.1 Å². The van der Waals surface area contributed by atoms with Gasteiger partial charge in [-0.15, -0.1) is 10.2 Å². The average Bonchev–Trinajstić information content (AvgIpc) is 3.19. The van der Waals surface area contributed by atoms with E-state index < -0.39 is 18.1 Å². The lowest BCUT2D eigenvalue weighted by Crippen LogP contribution is -2.50. The van der Waals surface area contributed by atoms with Crippen molar-refractivity contribution in [3.8, 4) is 0 Å². The molecule has 3 rings (SSSR count). The lowest BCUT2D eigenvalue weighted by Gasteiger charge is -2.42. The minimum atomic E-state index is -1.41. The molecule has 9 nitrogen and oxygen atoms in total. The molecule has 0 radical (unpaired) electrons. The standard InChI is InChI=1S/C19H31N5O4/c1-12(7-8-27-13(2)25)28-19(26)17-10-16-9-14(3-5-15(16)11-20-17)4-6-18-21-23-24-22-18/h12,14-17,20H,3-11H2,1-2H3,(H,21,22,23,24)/t12-,14+,15-,16+,17-/m0/s1/i17D. The van der Waals surface area contributed by atoms with E-state index in [-0.39, 0.29) is 12.6 Å². The van der Waals surface area contributed by atoms with Crippen LogP contribution in [0.25, 0.3) is 0 Å². The van der Waals surface area contributed by atoms with Crippen molar-refractivity contribution in [2.24, 2.45) is 17.8 Å². The van der Waals surface area contributed by atoms with Crippen molar-refractivity contribution in [2.75, 3.05) is 13.2 Å². The summed E-state index contributed by atoms with van der Waals surface area (Å²) < 4.78 is 19.0. The number of ether oxygens (including phenoxy) is 2. The van der Waals surface area contributed by atoms with Crippen LogP contribution in [0, 0.1) is 17.8 Å². The molecule has 1 aliphatic heterocycles. The highest BCUT2D eigenvalue weighted by atomic mass is 16.6. The minimum absolute atomic E-state index is 0.203. The highest BCUT2D eigenvalue weighted by molar-refractivity contribution is 5.76. The topological polar surface area (TPSA) is 119 Å². The van der Waals surface area contributed by atoms with Crippen molar-refractivity contribution in [2.45, 2.75) is 70.9 Å². The molecule has 2 fully saturated rings. The summed E-state index contributed by atoms with van der Waals surface area (Å²) in [5, 5.41) is 17.2. The number of tetrazole rings is 1. The number of aromatic amines is 1. The Morgan fingerprint density at radius 2 is 2.18 bits per heavy atom. The van der Waals surface area contributed by atoms with Crippen LogP contribution < -0.4 is 5.32 Å². The van der Waals surface area contributed by atoms with Gasteiger partial charge in [-0.2, -0.15) is 5.21 Å². The molecule has 1 aromatic heterocycles. The van der Waals surface area contributed by atoms with Gasteiger partial charge in [0.15, 0.2) is 5.82 Å². The van der Waals surface area contributed by atoms with Gasteiger partial charge in [-0.1, -0.05) is 11.6 Å². The Kier molecular flexibility index (Phi) is 6.86. The first-order valence-electron chi connectivity index (χ1n) is 10.7. The molecule has 0 bridgehead atoms. The number of aromatic nitrogens is 4. The van der Waals surface area contributed by atoms with Crippen molar-refractivity contribution in [3.63, 3.8) is 0 Å². The molecule has 1 saturated heterocycles. The zero-order valence-electron chi connectivity index (χ0n) is 17.6. The fourth-order valence-electron chi connectivity index (χ4n) is 4.25. The summed E-state index contributed by atoms with van der Waals surface area (Å²) in [5.41, 5.74) is 0. The summed E-state index contributed by atoms with van der Waals surface area (Å²) in [6.45, 7) is 3.97. The monoisotopic (exact) mass is 394 g/mol. The number of nitrogens with zero attached hydrogens (tertiary/aromatic N) is 3. The van der Waals surface area contributed by atoms with E-state index in [9.17, 15) is 9.59 Å². The molecular formula is C19H31N5O4. The summed E-state index contributed by atoms with van der Waals surface area (Å²) in [4.78, 5) is 23.5. The van der Waals surface area contributed by atoms with Crippen LogP contribution in [0.3, 0.4) is 0 Å². The maximum atomic E-state index is 12.7. The van der Waals surface area contributed by atoms with Crippen LogP contribution in [0.1, 0.15) is 59.6 Å². The molecule has 9 heteroatoms. The molecule has 0 aromatic carbocycles. The van der Waals surface area contributed by atoms with E-state index in [1.807, 2.05) is 0 Å². The average molecular weight is 394 g/mol.